The van der Waals surface area contributed by atoms with Gasteiger partial charge in [-0.1, -0.05) is 46.0 Å². The smallest absolute Gasteiger partial charge is 0.220 e. The number of nitrogens with two attached hydrogens (primary N) is 2. The molecule has 0 aliphatic carbocycles. The molecule has 41 heteroatoms. The van der Waals surface area contributed by atoms with Gasteiger partial charge >= 0.3 is 0 Å². The van der Waals surface area contributed by atoms with Gasteiger partial charge in [0.1, 0.15) is 69.9 Å². The molecule has 622 valence electrons. The van der Waals surface area contributed by atoms with Crippen molar-refractivity contribution < 1.29 is 140 Å². The highest BCUT2D eigenvalue weighted by molar-refractivity contribution is 5.76. The summed E-state index contributed by atoms with van der Waals surface area (Å²) in [6, 6.07) is 8.08. The molecule has 6 bridgehead atoms. The van der Waals surface area contributed by atoms with Crippen LogP contribution in [0.3, 0.4) is 0 Å². The van der Waals surface area contributed by atoms with Crippen LogP contribution < -0.4 is 16.8 Å². The zero-order valence-corrected chi connectivity index (χ0v) is 62.2. The van der Waals surface area contributed by atoms with Crippen LogP contribution in [0.15, 0.2) is 48.9 Å². The van der Waals surface area contributed by atoms with E-state index < -0.39 is 89.9 Å². The molecule has 6 fully saturated rings. The van der Waals surface area contributed by atoms with E-state index in [9.17, 15) is 35.4 Å². The van der Waals surface area contributed by atoms with Crippen LogP contribution in [0.5, 0.6) is 0 Å². The van der Waals surface area contributed by atoms with E-state index in [1.54, 1.807) is 32.6 Å². The van der Waals surface area contributed by atoms with Crippen molar-refractivity contribution in [2.45, 2.75) is 155 Å². The van der Waals surface area contributed by atoms with E-state index in [0.717, 1.165) is 5.56 Å². The average Bonchev–Trinajstić information content (AvgIpc) is 1.61. The van der Waals surface area contributed by atoms with Crippen molar-refractivity contribution in [2.24, 2.45) is 11.5 Å². The summed E-state index contributed by atoms with van der Waals surface area (Å²) in [6.45, 7) is 8.67. The molecule has 1 aromatic carbocycles. The van der Waals surface area contributed by atoms with Crippen molar-refractivity contribution in [2.75, 3.05) is 205 Å². The van der Waals surface area contributed by atoms with Gasteiger partial charge in [-0.05, 0) is 12.0 Å². The zero-order valence-electron chi connectivity index (χ0n) is 62.2. The van der Waals surface area contributed by atoms with E-state index in [2.05, 4.69) is 36.3 Å². The molecule has 110 heavy (non-hydrogen) atoms. The van der Waals surface area contributed by atoms with Crippen molar-refractivity contribution in [3.05, 3.63) is 71.6 Å². The number of carbonyl (C=O) groups excluding carboxylic acids is 1. The summed E-state index contributed by atoms with van der Waals surface area (Å²) in [7, 11) is 0. The molecule has 4 aromatic rings. The van der Waals surface area contributed by atoms with Crippen molar-refractivity contribution in [3.8, 4) is 0 Å². The van der Waals surface area contributed by atoms with Crippen LogP contribution in [-0.4, -0.2) is 376 Å². The number of benzene rings is 1. The Hall–Kier alpha value is -5.09. The van der Waals surface area contributed by atoms with Gasteiger partial charge in [0.2, 0.25) is 5.91 Å². The monoisotopic (exact) mass is 1570 g/mol. The van der Waals surface area contributed by atoms with E-state index >= 15 is 0 Å². The van der Waals surface area contributed by atoms with Gasteiger partial charge in [0.15, 0.2) is 18.9 Å². The van der Waals surface area contributed by atoms with E-state index in [-0.39, 0.29) is 131 Å². The predicted octanol–water partition coefficient (Wildman–Crippen LogP) is -4.95. The number of carbonyl (C=O) groups is 1. The number of aliphatic hydroxyl groups is 6. The molecule has 3 aromatic heterocycles. The highest BCUT2D eigenvalue weighted by Gasteiger charge is 2.60. The van der Waals surface area contributed by atoms with E-state index in [1.807, 2.05) is 30.3 Å². The first-order valence-corrected chi connectivity index (χ1v) is 37.4. The number of nitrogens with zero attached hydrogens (tertiary/aromatic N) is 9. The molecule has 1 amide bonds. The molecular formula is C69H112N12O29. The number of hydrogen-bond acceptors (Lipinski definition) is 37. The number of fused-ring (bicyclic) bond motifs is 6. The summed E-state index contributed by atoms with van der Waals surface area (Å²) >= 11 is 0. The molecule has 6 aliphatic rings. The lowest BCUT2D eigenvalue weighted by atomic mass is 9.89. The molecule has 0 unspecified atom stereocenters. The number of aliphatic hydroxyl groups excluding tert-OH is 6. The Morgan fingerprint density at radius 3 is 1.21 bits per heavy atom. The molecule has 0 saturated carbocycles. The summed E-state index contributed by atoms with van der Waals surface area (Å²) in [6.07, 6.45) is -3.01. The first-order valence-electron chi connectivity index (χ1n) is 37.4. The largest absolute Gasteiger partial charge is 0.390 e. The number of nitrogens with one attached hydrogen (secondary N) is 1. The summed E-state index contributed by atoms with van der Waals surface area (Å²) in [4.78, 5) is 14.1. The fraction of sp³-hybridized carbons (Fsp3) is 0.812. The quantitative estimate of drug-likeness (QED) is 0.0187. The lowest BCUT2D eigenvalue weighted by Gasteiger charge is -2.41. The third-order valence-corrected chi connectivity index (χ3v) is 18.7. The van der Waals surface area contributed by atoms with Crippen LogP contribution in [0.1, 0.15) is 41.9 Å². The first kappa shape index (κ1) is 87.3. The van der Waals surface area contributed by atoms with Gasteiger partial charge in [-0.25, -0.2) is 14.0 Å². The number of hydrogen-bond donors (Lipinski definition) is 9. The Bertz CT molecular complexity index is 3060. The lowest BCUT2D eigenvalue weighted by molar-refractivity contribution is -0.233. The Balaban J connectivity index is 0.637. The van der Waals surface area contributed by atoms with Crippen LogP contribution in [0.25, 0.3) is 0 Å². The average molecular weight is 1570 g/mol. The van der Waals surface area contributed by atoms with Gasteiger partial charge in [-0.2, -0.15) is 0 Å². The zero-order chi connectivity index (χ0) is 77.1. The maximum atomic E-state index is 14.1. The van der Waals surface area contributed by atoms with Gasteiger partial charge in [0.05, 0.1) is 281 Å². The number of ether oxygens (including phenoxy) is 22. The molecule has 10 rings (SSSR count). The molecule has 0 radical (unpaired) electrons. The highest BCUT2D eigenvalue weighted by atomic mass is 16.8. The van der Waals surface area contributed by atoms with Crippen molar-refractivity contribution in [3.63, 3.8) is 0 Å². The summed E-state index contributed by atoms with van der Waals surface area (Å²) in [5.41, 5.74) is 9.61. The molecule has 9 heterocycles. The van der Waals surface area contributed by atoms with E-state index in [0.29, 0.717) is 162 Å². The molecule has 6 aliphatic heterocycles. The number of aromatic nitrogens is 9. The minimum atomic E-state index is -1.27. The van der Waals surface area contributed by atoms with Gasteiger partial charge in [0, 0.05) is 19.4 Å². The van der Waals surface area contributed by atoms with E-state index in [1.165, 1.54) is 0 Å². The van der Waals surface area contributed by atoms with Gasteiger partial charge in [0.25, 0.3) is 0 Å². The Morgan fingerprint density at radius 2 is 0.809 bits per heavy atom. The van der Waals surface area contributed by atoms with Crippen LogP contribution in [0.2, 0.25) is 0 Å². The third-order valence-electron chi connectivity index (χ3n) is 18.7. The Morgan fingerprint density at radius 1 is 0.445 bits per heavy atom. The minimum absolute atomic E-state index is 0.00954. The fourth-order valence-electron chi connectivity index (χ4n) is 12.6. The Kier molecular flexibility index (Phi) is 36.9. The van der Waals surface area contributed by atoms with Crippen molar-refractivity contribution >= 4 is 5.91 Å². The highest BCUT2D eigenvalue weighted by Crippen LogP contribution is 2.39. The predicted molar refractivity (Wildman–Crippen MR) is 372 cm³/mol. The van der Waals surface area contributed by atoms with E-state index in [4.69, 9.17) is 116 Å². The molecule has 11 N–H and O–H groups in total. The third kappa shape index (κ3) is 27.3. The second-order valence-corrected chi connectivity index (χ2v) is 27.5. The van der Waals surface area contributed by atoms with Crippen molar-refractivity contribution in [1.82, 2.24) is 50.3 Å². The van der Waals surface area contributed by atoms with Crippen LogP contribution in [0, 0.1) is 0 Å². The molecule has 41 nitrogen and oxygen atoms in total. The normalized spacial score (nSPS) is 27.5. The second-order valence-electron chi connectivity index (χ2n) is 27.5. The van der Waals surface area contributed by atoms with Crippen LogP contribution >= 0.6 is 0 Å². The summed E-state index contributed by atoms with van der Waals surface area (Å²) in [5, 5.41) is 91.1. The summed E-state index contributed by atoms with van der Waals surface area (Å²) in [5.74, 6) is -0.289. The van der Waals surface area contributed by atoms with Gasteiger partial charge in [-0.3, -0.25) is 4.79 Å². The maximum absolute atomic E-state index is 14.1. The SMILES string of the molecule is N[C@H]1[C@H]2OC[C@](COCCOCCOCCOCCn3cc(COCC(COCc4cn(CCOCCOCCOCCOC[C@@]56CO[C@@H](O5)[C@H](N)[C@@H](O)[C@H]6O)nn4)(COCc4cn(CCOCCOCCOCCOC[C@]56CO[C@H](C[C@@H](O)[C@H]5O)O6)nn4)NC(=O)CCCOCc4ccccc4)nn3)(O2)[C@H](O)[C@@H]1O. The molecular weight excluding hydrogens is 1460 g/mol. The van der Waals surface area contributed by atoms with Crippen molar-refractivity contribution in [1.29, 1.82) is 0 Å². The maximum Gasteiger partial charge on any atom is 0.220 e. The minimum Gasteiger partial charge on any atom is -0.390 e. The number of rotatable bonds is 61. The Labute approximate surface area is 636 Å². The van der Waals surface area contributed by atoms with Crippen LogP contribution in [-0.2, 0) is 155 Å². The number of amides is 1. The topological polar surface area (TPSA) is 498 Å². The standard InChI is InChI=1S/C69H112N12O29/c70-57-59(84)62(87)68(48-106-64(57)109-68)45-100-31-28-96-25-22-93-19-16-90-13-9-80-35-52(74-77-80)39-103-42-66(72-55(83)7-4-11-98-37-50-5-2-1-3-6-50,41-102-38-51-34-79(76-73-51)8-12-89-15-18-92-21-24-95-27-30-99-44-67-47-105-56(108-67)33-54(82)61(67)86)43-104-40-53-36-81(78-75-53)10-14-91-17-20-94-23-26-97-29-32-101-46-69-49-107-65(110-69)58(71)60(85)63(69)88/h1-3,5-6,34-36,54,56-65,82,84-88H,4,7-33,37-49,70-71H2,(H,72,83)/t54-,56+,57-,58-,59-,60-,61-,62-,63-,64+,65+,67+,68+,69+/m1/s1. The molecule has 14 atom stereocenters. The summed E-state index contributed by atoms with van der Waals surface area (Å²) < 4.78 is 132. The molecule has 0 spiro atoms. The van der Waals surface area contributed by atoms with Gasteiger partial charge < -0.3 is 152 Å². The van der Waals surface area contributed by atoms with Crippen LogP contribution in [0.4, 0.5) is 0 Å². The van der Waals surface area contributed by atoms with Gasteiger partial charge in [-0.15, -0.1) is 15.3 Å². The first-order chi connectivity index (χ1) is 53.6. The second kappa shape index (κ2) is 46.5. The lowest BCUT2D eigenvalue weighted by Crippen LogP contribution is -2.65. The molecule has 6 saturated heterocycles. The fourth-order valence-corrected chi connectivity index (χ4v) is 12.6.